The highest BCUT2D eigenvalue weighted by Crippen LogP contribution is 2.32. The molecule has 1 saturated carbocycles. The van der Waals surface area contributed by atoms with Gasteiger partial charge in [0.05, 0.1) is 12.2 Å². The number of rotatable bonds is 6. The molecule has 0 radical (unpaired) electrons. The molecule has 1 aromatic carbocycles. The maximum Gasteiger partial charge on any atom is 0.340 e. The van der Waals surface area contributed by atoms with E-state index in [0.29, 0.717) is 29.1 Å². The Morgan fingerprint density at radius 3 is 2.95 bits per heavy atom. The van der Waals surface area contributed by atoms with Crippen LogP contribution in [0, 0.1) is 0 Å². The Morgan fingerprint density at radius 1 is 1.43 bits per heavy atom. The average molecular weight is 308 g/mol. The number of benzene rings is 1. The van der Waals surface area contributed by atoms with Crippen molar-refractivity contribution >= 4 is 29.1 Å². The number of esters is 1. The first-order chi connectivity index (χ1) is 10.2. The Morgan fingerprint density at radius 2 is 2.24 bits per heavy atom. The van der Waals surface area contributed by atoms with Crippen LogP contribution in [0.1, 0.15) is 43.5 Å². The molecule has 0 aliphatic heterocycles. The van der Waals surface area contributed by atoms with Gasteiger partial charge in [-0.3, -0.25) is 0 Å². The van der Waals surface area contributed by atoms with Crippen molar-refractivity contribution in [2.75, 3.05) is 23.4 Å². The molecule has 0 aromatic heterocycles. The minimum absolute atomic E-state index is 0.355. The zero-order valence-electron chi connectivity index (χ0n) is 12.7. The van der Waals surface area contributed by atoms with E-state index in [0.717, 1.165) is 11.4 Å². The van der Waals surface area contributed by atoms with Gasteiger partial charge in [0.25, 0.3) is 0 Å². The number of hydrogen-bond donors (Lipinski definition) is 2. The third kappa shape index (κ3) is 4.06. The number of nitrogen functional groups attached to an aromatic ring is 1. The van der Waals surface area contributed by atoms with E-state index < -0.39 is 0 Å². The first kappa shape index (κ1) is 16.0. The molecule has 5 heteroatoms. The number of nitrogens with one attached hydrogen (secondary N) is 1. The predicted molar refractivity (Wildman–Crippen MR) is 90.0 cm³/mol. The SMILES string of the molecule is CCOC(=O)c1cc(NC2CCCC2SCC)ccc1N. The summed E-state index contributed by atoms with van der Waals surface area (Å²) in [4.78, 5) is 11.9. The van der Waals surface area contributed by atoms with Crippen molar-refractivity contribution in [3.63, 3.8) is 0 Å². The topological polar surface area (TPSA) is 64.3 Å². The summed E-state index contributed by atoms with van der Waals surface area (Å²) in [6.45, 7) is 4.34. The molecule has 1 fully saturated rings. The highest BCUT2D eigenvalue weighted by atomic mass is 32.2. The van der Waals surface area contributed by atoms with Crippen LogP contribution in [0.25, 0.3) is 0 Å². The third-order valence-corrected chi connectivity index (χ3v) is 5.06. The van der Waals surface area contributed by atoms with Gasteiger partial charge in [-0.15, -0.1) is 0 Å². The lowest BCUT2D eigenvalue weighted by Gasteiger charge is -2.21. The molecule has 2 atom stereocenters. The number of anilines is 2. The van der Waals surface area contributed by atoms with Crippen LogP contribution >= 0.6 is 11.8 Å². The van der Waals surface area contributed by atoms with Gasteiger partial charge in [0.1, 0.15) is 0 Å². The van der Waals surface area contributed by atoms with Crippen LogP contribution in [0.4, 0.5) is 11.4 Å². The molecule has 3 N–H and O–H groups in total. The van der Waals surface area contributed by atoms with Gasteiger partial charge in [-0.05, 0) is 43.7 Å². The Balaban J connectivity index is 2.10. The summed E-state index contributed by atoms with van der Waals surface area (Å²) in [6, 6.07) is 5.98. The van der Waals surface area contributed by atoms with E-state index in [4.69, 9.17) is 10.5 Å². The van der Waals surface area contributed by atoms with Crippen molar-refractivity contribution in [2.24, 2.45) is 0 Å². The number of carbonyl (C=O) groups is 1. The molecule has 1 aliphatic rings. The van der Waals surface area contributed by atoms with Crippen LogP contribution in [0.2, 0.25) is 0 Å². The first-order valence-corrected chi connectivity index (χ1v) is 8.65. The molecule has 0 saturated heterocycles. The maximum absolute atomic E-state index is 11.9. The van der Waals surface area contributed by atoms with E-state index in [1.54, 1.807) is 19.1 Å². The number of nitrogens with two attached hydrogens (primary N) is 1. The Bertz CT molecular complexity index is 493. The molecule has 21 heavy (non-hydrogen) atoms. The monoisotopic (exact) mass is 308 g/mol. The number of carbonyl (C=O) groups excluding carboxylic acids is 1. The van der Waals surface area contributed by atoms with Gasteiger partial charge >= 0.3 is 5.97 Å². The molecule has 2 unspecified atom stereocenters. The largest absolute Gasteiger partial charge is 0.462 e. The number of hydrogen-bond acceptors (Lipinski definition) is 5. The predicted octanol–water partition coefficient (Wildman–Crippen LogP) is 3.53. The smallest absolute Gasteiger partial charge is 0.340 e. The lowest BCUT2D eigenvalue weighted by atomic mass is 10.1. The highest BCUT2D eigenvalue weighted by molar-refractivity contribution is 7.99. The van der Waals surface area contributed by atoms with Crippen molar-refractivity contribution in [3.8, 4) is 0 Å². The van der Waals surface area contributed by atoms with Crippen molar-refractivity contribution in [2.45, 2.75) is 44.4 Å². The summed E-state index contributed by atoms with van der Waals surface area (Å²) in [5, 5.41) is 4.21. The lowest BCUT2D eigenvalue weighted by molar-refractivity contribution is 0.0527. The van der Waals surface area contributed by atoms with Gasteiger partial charge < -0.3 is 15.8 Å². The molecule has 0 amide bonds. The summed E-state index contributed by atoms with van der Waals surface area (Å²) < 4.78 is 5.04. The minimum atomic E-state index is -0.357. The summed E-state index contributed by atoms with van der Waals surface area (Å²) in [5.74, 6) is 0.781. The molecular formula is C16H24N2O2S. The molecule has 0 heterocycles. The summed E-state index contributed by atoms with van der Waals surface area (Å²) in [7, 11) is 0. The van der Waals surface area contributed by atoms with E-state index in [2.05, 4.69) is 12.2 Å². The first-order valence-electron chi connectivity index (χ1n) is 7.60. The lowest BCUT2D eigenvalue weighted by Crippen LogP contribution is -2.26. The van der Waals surface area contributed by atoms with Crippen LogP contribution in [0.5, 0.6) is 0 Å². The fourth-order valence-corrected chi connectivity index (χ4v) is 3.95. The van der Waals surface area contributed by atoms with E-state index in [1.807, 2.05) is 17.8 Å². The highest BCUT2D eigenvalue weighted by Gasteiger charge is 2.27. The van der Waals surface area contributed by atoms with E-state index >= 15 is 0 Å². The third-order valence-electron chi connectivity index (χ3n) is 3.73. The number of thioether (sulfide) groups is 1. The minimum Gasteiger partial charge on any atom is -0.462 e. The van der Waals surface area contributed by atoms with Crippen LogP contribution in [0.3, 0.4) is 0 Å². The van der Waals surface area contributed by atoms with Gasteiger partial charge in [0, 0.05) is 22.7 Å². The Hall–Kier alpha value is -1.36. The van der Waals surface area contributed by atoms with Gasteiger partial charge in [0.15, 0.2) is 0 Å². The number of ether oxygens (including phenoxy) is 1. The standard InChI is InChI=1S/C16H24N2O2S/c1-3-20-16(19)12-10-11(8-9-13(12)17)18-14-6-5-7-15(14)21-4-2/h8-10,14-15,18H,3-7,17H2,1-2H3. The molecule has 1 aromatic rings. The molecule has 0 bridgehead atoms. The van der Waals surface area contributed by atoms with Gasteiger partial charge in [-0.25, -0.2) is 4.79 Å². The fraction of sp³-hybridized carbons (Fsp3) is 0.562. The van der Waals surface area contributed by atoms with Crippen LogP contribution < -0.4 is 11.1 Å². The molecular weight excluding hydrogens is 284 g/mol. The maximum atomic E-state index is 11.9. The summed E-state index contributed by atoms with van der Waals surface area (Å²) in [5.41, 5.74) is 7.72. The van der Waals surface area contributed by atoms with E-state index in [-0.39, 0.29) is 5.97 Å². The molecule has 2 rings (SSSR count). The van der Waals surface area contributed by atoms with Crippen LogP contribution in [-0.2, 0) is 4.74 Å². The Kier molecular flexibility index (Phi) is 5.79. The van der Waals surface area contributed by atoms with E-state index in [9.17, 15) is 4.79 Å². The van der Waals surface area contributed by atoms with Crippen LogP contribution in [0.15, 0.2) is 18.2 Å². The second kappa shape index (κ2) is 7.59. The normalized spacial score (nSPS) is 21.2. The van der Waals surface area contributed by atoms with Crippen LogP contribution in [-0.4, -0.2) is 29.6 Å². The zero-order valence-corrected chi connectivity index (χ0v) is 13.5. The molecule has 1 aliphatic carbocycles. The van der Waals surface area contributed by atoms with Gasteiger partial charge in [-0.2, -0.15) is 11.8 Å². The molecule has 116 valence electrons. The Labute approximate surface area is 130 Å². The van der Waals surface area contributed by atoms with Gasteiger partial charge in [0.2, 0.25) is 0 Å². The second-order valence-electron chi connectivity index (χ2n) is 5.20. The molecule has 0 spiro atoms. The van der Waals surface area contributed by atoms with Crippen molar-refractivity contribution in [3.05, 3.63) is 23.8 Å². The fourth-order valence-electron chi connectivity index (χ4n) is 2.75. The van der Waals surface area contributed by atoms with Gasteiger partial charge in [-0.1, -0.05) is 13.3 Å². The van der Waals surface area contributed by atoms with Crippen molar-refractivity contribution in [1.82, 2.24) is 0 Å². The van der Waals surface area contributed by atoms with Crippen molar-refractivity contribution < 1.29 is 9.53 Å². The van der Waals surface area contributed by atoms with E-state index in [1.165, 1.54) is 19.3 Å². The van der Waals surface area contributed by atoms with Crippen molar-refractivity contribution in [1.29, 1.82) is 0 Å². The average Bonchev–Trinajstić information content (AvgIpc) is 2.89. The summed E-state index contributed by atoms with van der Waals surface area (Å²) >= 11 is 2.01. The quantitative estimate of drug-likeness (QED) is 0.622. The summed E-state index contributed by atoms with van der Waals surface area (Å²) in [6.07, 6.45) is 3.70. The second-order valence-corrected chi connectivity index (χ2v) is 6.71. The zero-order chi connectivity index (χ0) is 15.2. The molecule has 4 nitrogen and oxygen atoms in total.